The van der Waals surface area contributed by atoms with Gasteiger partial charge in [-0.2, -0.15) is 0 Å². The van der Waals surface area contributed by atoms with Crippen molar-refractivity contribution in [2.75, 3.05) is 35.6 Å². The van der Waals surface area contributed by atoms with Gasteiger partial charge in [-0.3, -0.25) is 13.9 Å². The summed E-state index contributed by atoms with van der Waals surface area (Å²) in [5.41, 5.74) is 6.77. The van der Waals surface area contributed by atoms with Crippen LogP contribution in [0.1, 0.15) is 6.92 Å². The van der Waals surface area contributed by atoms with Gasteiger partial charge >= 0.3 is 0 Å². The maximum absolute atomic E-state index is 12.2. The van der Waals surface area contributed by atoms with E-state index in [9.17, 15) is 9.00 Å². The lowest BCUT2D eigenvalue weighted by Gasteiger charge is -2.31. The highest BCUT2D eigenvalue weighted by atomic mass is 35.5. The fourth-order valence-electron chi connectivity index (χ4n) is 2.07. The Labute approximate surface area is 125 Å². The SMILES string of the molecule is CC(C(=O)Nc1ccc(Cl)c(N)c1)N1CCS(=O)CC1. The van der Waals surface area contributed by atoms with Crippen molar-refractivity contribution in [2.24, 2.45) is 0 Å². The third-order valence-electron chi connectivity index (χ3n) is 3.40. The molecule has 1 saturated heterocycles. The van der Waals surface area contributed by atoms with Gasteiger partial charge in [0.25, 0.3) is 0 Å². The van der Waals surface area contributed by atoms with E-state index in [1.807, 2.05) is 11.8 Å². The van der Waals surface area contributed by atoms with E-state index in [-0.39, 0.29) is 11.9 Å². The molecule has 3 N–H and O–H groups in total. The molecule has 1 aromatic rings. The first kappa shape index (κ1) is 15.3. The van der Waals surface area contributed by atoms with Gasteiger partial charge in [-0.05, 0) is 25.1 Å². The van der Waals surface area contributed by atoms with E-state index in [1.54, 1.807) is 18.2 Å². The Bertz CT molecular complexity index is 528. The number of rotatable bonds is 3. The number of hydrogen-bond acceptors (Lipinski definition) is 4. The summed E-state index contributed by atoms with van der Waals surface area (Å²) in [6.45, 7) is 3.22. The number of halogens is 1. The highest BCUT2D eigenvalue weighted by Crippen LogP contribution is 2.22. The Kier molecular flexibility index (Phi) is 5.01. The molecule has 1 aliphatic rings. The van der Waals surface area contributed by atoms with Crippen molar-refractivity contribution < 1.29 is 9.00 Å². The van der Waals surface area contributed by atoms with Crippen molar-refractivity contribution >= 4 is 39.7 Å². The van der Waals surface area contributed by atoms with Crippen LogP contribution < -0.4 is 11.1 Å². The van der Waals surface area contributed by atoms with Gasteiger partial charge in [0.05, 0.1) is 16.8 Å². The lowest BCUT2D eigenvalue weighted by Crippen LogP contribution is -2.48. The van der Waals surface area contributed by atoms with E-state index in [0.29, 0.717) is 41.0 Å². The summed E-state index contributed by atoms with van der Waals surface area (Å²) in [6, 6.07) is 4.75. The van der Waals surface area contributed by atoms with Gasteiger partial charge in [0.2, 0.25) is 5.91 Å². The van der Waals surface area contributed by atoms with Gasteiger partial charge in [0, 0.05) is 41.1 Å². The van der Waals surface area contributed by atoms with Crippen molar-refractivity contribution in [3.63, 3.8) is 0 Å². The molecule has 5 nitrogen and oxygen atoms in total. The standard InChI is InChI=1S/C13H18ClN3O2S/c1-9(17-4-6-20(19)7-5-17)13(18)16-10-2-3-11(14)12(15)8-10/h2-3,8-9H,4-7,15H2,1H3,(H,16,18). The van der Waals surface area contributed by atoms with Crippen molar-refractivity contribution in [3.8, 4) is 0 Å². The summed E-state index contributed by atoms with van der Waals surface area (Å²) in [5.74, 6) is 1.16. The van der Waals surface area contributed by atoms with Crippen LogP contribution in [0.5, 0.6) is 0 Å². The summed E-state index contributed by atoms with van der Waals surface area (Å²) in [4.78, 5) is 14.2. The highest BCUT2D eigenvalue weighted by Gasteiger charge is 2.25. The molecule has 110 valence electrons. The van der Waals surface area contributed by atoms with E-state index in [0.717, 1.165) is 0 Å². The lowest BCUT2D eigenvalue weighted by atomic mass is 10.2. The maximum atomic E-state index is 12.2. The number of carbonyl (C=O) groups is 1. The monoisotopic (exact) mass is 315 g/mol. The summed E-state index contributed by atoms with van der Waals surface area (Å²) in [5, 5.41) is 3.29. The van der Waals surface area contributed by atoms with E-state index in [1.165, 1.54) is 0 Å². The Morgan fingerprint density at radius 3 is 2.70 bits per heavy atom. The maximum Gasteiger partial charge on any atom is 0.241 e. The van der Waals surface area contributed by atoms with Crippen LogP contribution in [-0.2, 0) is 15.6 Å². The van der Waals surface area contributed by atoms with Crippen molar-refractivity contribution in [1.82, 2.24) is 4.90 Å². The smallest absolute Gasteiger partial charge is 0.241 e. The molecule has 0 aliphatic carbocycles. The van der Waals surface area contributed by atoms with Crippen LogP contribution in [0, 0.1) is 0 Å². The minimum absolute atomic E-state index is 0.0978. The van der Waals surface area contributed by atoms with Gasteiger partial charge in [0.1, 0.15) is 0 Å². The van der Waals surface area contributed by atoms with E-state index in [4.69, 9.17) is 17.3 Å². The summed E-state index contributed by atoms with van der Waals surface area (Å²) >= 11 is 5.84. The third-order valence-corrected chi connectivity index (χ3v) is 5.02. The Morgan fingerprint density at radius 1 is 1.45 bits per heavy atom. The van der Waals surface area contributed by atoms with Gasteiger partial charge < -0.3 is 11.1 Å². The minimum Gasteiger partial charge on any atom is -0.397 e. The first-order valence-electron chi connectivity index (χ1n) is 6.42. The Hall–Kier alpha value is -1.11. The zero-order valence-corrected chi connectivity index (χ0v) is 12.8. The number of carbonyl (C=O) groups excluding carboxylic acids is 1. The number of hydrogen-bond donors (Lipinski definition) is 2. The average molecular weight is 316 g/mol. The number of nitrogens with two attached hydrogens (primary N) is 1. The molecule has 0 radical (unpaired) electrons. The van der Waals surface area contributed by atoms with Crippen LogP contribution in [-0.4, -0.2) is 45.7 Å². The molecule has 20 heavy (non-hydrogen) atoms. The Balaban J connectivity index is 1.96. The first-order valence-corrected chi connectivity index (χ1v) is 8.29. The molecular weight excluding hydrogens is 298 g/mol. The highest BCUT2D eigenvalue weighted by molar-refractivity contribution is 7.85. The number of nitrogen functional groups attached to an aromatic ring is 1. The van der Waals surface area contributed by atoms with Crippen LogP contribution in [0.4, 0.5) is 11.4 Å². The zero-order chi connectivity index (χ0) is 14.7. The predicted molar refractivity (Wildman–Crippen MR) is 83.4 cm³/mol. The quantitative estimate of drug-likeness (QED) is 0.825. The fraction of sp³-hybridized carbons (Fsp3) is 0.462. The molecule has 1 aliphatic heterocycles. The van der Waals surface area contributed by atoms with Gasteiger partial charge in [-0.15, -0.1) is 0 Å². The molecular formula is C13H18ClN3O2S. The second-order valence-electron chi connectivity index (χ2n) is 4.79. The predicted octanol–water partition coefficient (Wildman–Crippen LogP) is 1.31. The van der Waals surface area contributed by atoms with Crippen LogP contribution in [0.3, 0.4) is 0 Å². The topological polar surface area (TPSA) is 75.4 Å². The molecule has 1 atom stereocenters. The number of amides is 1. The summed E-state index contributed by atoms with van der Waals surface area (Å²) < 4.78 is 11.3. The molecule has 0 spiro atoms. The number of nitrogens with zero attached hydrogens (tertiary/aromatic N) is 1. The largest absolute Gasteiger partial charge is 0.397 e. The molecule has 0 aromatic heterocycles. The van der Waals surface area contributed by atoms with Gasteiger partial charge in [0.15, 0.2) is 0 Å². The number of benzene rings is 1. The number of nitrogens with one attached hydrogen (secondary N) is 1. The lowest BCUT2D eigenvalue weighted by molar-refractivity contribution is -0.120. The molecule has 1 fully saturated rings. The van der Waals surface area contributed by atoms with Crippen molar-refractivity contribution in [1.29, 1.82) is 0 Å². The van der Waals surface area contributed by atoms with Crippen molar-refractivity contribution in [3.05, 3.63) is 23.2 Å². The molecule has 1 amide bonds. The molecule has 7 heteroatoms. The molecule has 1 aromatic carbocycles. The van der Waals surface area contributed by atoms with Crippen LogP contribution in [0.25, 0.3) is 0 Å². The van der Waals surface area contributed by atoms with E-state index >= 15 is 0 Å². The van der Waals surface area contributed by atoms with Crippen LogP contribution >= 0.6 is 11.6 Å². The normalized spacial score (nSPS) is 18.7. The van der Waals surface area contributed by atoms with E-state index < -0.39 is 10.8 Å². The second-order valence-corrected chi connectivity index (χ2v) is 6.89. The van der Waals surface area contributed by atoms with Crippen LogP contribution in [0.2, 0.25) is 5.02 Å². The molecule has 2 rings (SSSR count). The molecule has 0 bridgehead atoms. The zero-order valence-electron chi connectivity index (χ0n) is 11.3. The fourth-order valence-corrected chi connectivity index (χ4v) is 3.27. The summed E-state index contributed by atoms with van der Waals surface area (Å²) in [6.07, 6.45) is 0. The Morgan fingerprint density at radius 2 is 2.10 bits per heavy atom. The first-order chi connectivity index (χ1) is 9.47. The molecule has 0 saturated carbocycles. The average Bonchev–Trinajstić information content (AvgIpc) is 2.43. The van der Waals surface area contributed by atoms with Crippen molar-refractivity contribution in [2.45, 2.75) is 13.0 Å². The van der Waals surface area contributed by atoms with Crippen LogP contribution in [0.15, 0.2) is 18.2 Å². The number of anilines is 2. The van der Waals surface area contributed by atoms with Gasteiger partial charge in [-0.25, -0.2) is 0 Å². The third kappa shape index (κ3) is 3.71. The summed E-state index contributed by atoms with van der Waals surface area (Å²) in [7, 11) is -0.739. The van der Waals surface area contributed by atoms with Gasteiger partial charge in [-0.1, -0.05) is 11.6 Å². The molecule has 1 unspecified atom stereocenters. The second kappa shape index (κ2) is 6.56. The molecule has 1 heterocycles. The minimum atomic E-state index is -0.739. The van der Waals surface area contributed by atoms with E-state index in [2.05, 4.69) is 5.32 Å².